The fourth-order valence-electron chi connectivity index (χ4n) is 1.61. The smallest absolute Gasteiger partial charge is 0.239 e. The van der Waals surface area contributed by atoms with Crippen LogP contribution in [0.4, 0.5) is 15.9 Å². The normalized spacial score (nSPS) is 10.1. The number of nitrogens with two attached hydrogens (primary N) is 1. The van der Waals surface area contributed by atoms with Crippen molar-refractivity contribution in [3.05, 3.63) is 54.0 Å². The van der Waals surface area contributed by atoms with Crippen molar-refractivity contribution >= 4 is 17.4 Å². The molecule has 0 saturated heterocycles. The van der Waals surface area contributed by atoms with Crippen molar-refractivity contribution in [1.29, 1.82) is 0 Å². The zero-order chi connectivity index (χ0) is 14.4. The van der Waals surface area contributed by atoms with E-state index in [-0.39, 0.29) is 18.3 Å². The lowest BCUT2D eigenvalue weighted by Gasteiger charge is -2.08. The van der Waals surface area contributed by atoms with Gasteiger partial charge in [0.05, 0.1) is 18.4 Å². The second kappa shape index (κ2) is 6.63. The molecule has 0 aliphatic heterocycles. The fourth-order valence-corrected chi connectivity index (χ4v) is 1.61. The van der Waals surface area contributed by atoms with Crippen LogP contribution in [0.5, 0.6) is 0 Å². The SMILES string of the molecule is NCC(=O)Nc1ccc(NCc2ccccc2F)cn1. The zero-order valence-electron chi connectivity index (χ0n) is 10.8. The first-order chi connectivity index (χ1) is 9.69. The molecule has 0 bridgehead atoms. The van der Waals surface area contributed by atoms with Crippen LogP contribution in [0.3, 0.4) is 0 Å². The number of aromatic nitrogens is 1. The molecule has 0 aliphatic carbocycles. The molecule has 2 aromatic rings. The number of amides is 1. The molecule has 1 amide bonds. The number of benzene rings is 1. The Bertz CT molecular complexity index is 586. The number of carbonyl (C=O) groups excluding carboxylic acids is 1. The average molecular weight is 274 g/mol. The van der Waals surface area contributed by atoms with Gasteiger partial charge in [-0.2, -0.15) is 0 Å². The summed E-state index contributed by atoms with van der Waals surface area (Å²) in [6, 6.07) is 9.96. The molecule has 6 heteroatoms. The van der Waals surface area contributed by atoms with Crippen LogP contribution in [-0.4, -0.2) is 17.4 Å². The van der Waals surface area contributed by atoms with Gasteiger partial charge < -0.3 is 16.4 Å². The Kier molecular flexibility index (Phi) is 4.62. The number of pyridine rings is 1. The minimum absolute atomic E-state index is 0.0883. The van der Waals surface area contributed by atoms with Gasteiger partial charge in [-0.1, -0.05) is 18.2 Å². The van der Waals surface area contributed by atoms with Gasteiger partial charge in [0.15, 0.2) is 0 Å². The van der Waals surface area contributed by atoms with Crippen molar-refractivity contribution in [2.24, 2.45) is 5.73 Å². The molecule has 0 aliphatic rings. The lowest BCUT2D eigenvalue weighted by Crippen LogP contribution is -2.22. The van der Waals surface area contributed by atoms with Gasteiger partial charge >= 0.3 is 0 Å². The van der Waals surface area contributed by atoms with Gasteiger partial charge in [-0.25, -0.2) is 9.37 Å². The number of halogens is 1. The molecule has 0 saturated carbocycles. The minimum Gasteiger partial charge on any atom is -0.380 e. The Morgan fingerprint density at radius 1 is 1.25 bits per heavy atom. The Morgan fingerprint density at radius 3 is 2.70 bits per heavy atom. The number of nitrogens with one attached hydrogen (secondary N) is 2. The molecule has 1 heterocycles. The zero-order valence-corrected chi connectivity index (χ0v) is 10.8. The van der Waals surface area contributed by atoms with Crippen LogP contribution in [0.1, 0.15) is 5.56 Å². The van der Waals surface area contributed by atoms with E-state index in [1.807, 2.05) is 0 Å². The molecular formula is C14H15FN4O. The first-order valence-corrected chi connectivity index (χ1v) is 6.12. The van der Waals surface area contributed by atoms with Crippen molar-refractivity contribution in [3.8, 4) is 0 Å². The van der Waals surface area contributed by atoms with Gasteiger partial charge in [0, 0.05) is 12.1 Å². The van der Waals surface area contributed by atoms with Crippen LogP contribution in [0.2, 0.25) is 0 Å². The number of hydrogen-bond acceptors (Lipinski definition) is 4. The molecule has 0 atom stereocenters. The number of anilines is 2. The molecule has 4 N–H and O–H groups in total. The monoisotopic (exact) mass is 274 g/mol. The summed E-state index contributed by atoms with van der Waals surface area (Å²) < 4.78 is 13.4. The first kappa shape index (κ1) is 14.0. The summed E-state index contributed by atoms with van der Waals surface area (Å²) in [6.45, 7) is 0.276. The number of nitrogens with zero attached hydrogens (tertiary/aromatic N) is 1. The summed E-state index contributed by atoms with van der Waals surface area (Å²) in [6.07, 6.45) is 1.56. The third kappa shape index (κ3) is 3.76. The van der Waals surface area contributed by atoms with E-state index >= 15 is 0 Å². The molecular weight excluding hydrogens is 259 g/mol. The third-order valence-electron chi connectivity index (χ3n) is 2.66. The largest absolute Gasteiger partial charge is 0.380 e. The second-order valence-corrected chi connectivity index (χ2v) is 4.13. The van der Waals surface area contributed by atoms with Gasteiger partial charge in [-0.3, -0.25) is 4.79 Å². The van der Waals surface area contributed by atoms with E-state index in [1.54, 1.807) is 36.5 Å². The topological polar surface area (TPSA) is 80.0 Å². The van der Waals surface area contributed by atoms with Crippen LogP contribution >= 0.6 is 0 Å². The molecule has 0 unspecified atom stereocenters. The van der Waals surface area contributed by atoms with E-state index < -0.39 is 0 Å². The van der Waals surface area contributed by atoms with E-state index in [0.717, 1.165) is 5.69 Å². The quantitative estimate of drug-likeness (QED) is 0.775. The highest BCUT2D eigenvalue weighted by molar-refractivity contribution is 5.91. The molecule has 0 spiro atoms. The molecule has 5 nitrogen and oxygen atoms in total. The highest BCUT2D eigenvalue weighted by Gasteiger charge is 2.02. The van der Waals surface area contributed by atoms with Gasteiger partial charge in [0.25, 0.3) is 0 Å². The van der Waals surface area contributed by atoms with Crippen molar-refractivity contribution in [3.63, 3.8) is 0 Å². The van der Waals surface area contributed by atoms with Gasteiger partial charge in [0.1, 0.15) is 11.6 Å². The van der Waals surface area contributed by atoms with Gasteiger partial charge in [-0.05, 0) is 18.2 Å². The predicted molar refractivity (Wildman–Crippen MR) is 75.6 cm³/mol. The maximum atomic E-state index is 13.4. The average Bonchev–Trinajstić information content (AvgIpc) is 2.48. The second-order valence-electron chi connectivity index (χ2n) is 4.13. The number of carbonyl (C=O) groups is 1. The highest BCUT2D eigenvalue weighted by Crippen LogP contribution is 2.12. The molecule has 1 aromatic carbocycles. The van der Waals surface area contributed by atoms with Crippen molar-refractivity contribution in [2.75, 3.05) is 17.2 Å². The van der Waals surface area contributed by atoms with E-state index in [9.17, 15) is 9.18 Å². The lowest BCUT2D eigenvalue weighted by atomic mass is 10.2. The lowest BCUT2D eigenvalue weighted by molar-refractivity contribution is -0.114. The number of rotatable bonds is 5. The molecule has 2 rings (SSSR count). The Labute approximate surface area is 116 Å². The Balaban J connectivity index is 1.94. The summed E-state index contributed by atoms with van der Waals surface area (Å²) in [5, 5.41) is 5.60. The van der Waals surface area contributed by atoms with Crippen molar-refractivity contribution in [2.45, 2.75) is 6.54 Å². The highest BCUT2D eigenvalue weighted by atomic mass is 19.1. The van der Waals surface area contributed by atoms with Crippen molar-refractivity contribution in [1.82, 2.24) is 4.98 Å². The standard InChI is InChI=1S/C14H15FN4O/c15-12-4-2-1-3-10(12)8-17-11-5-6-13(18-9-11)19-14(20)7-16/h1-6,9,17H,7-8,16H2,(H,18,19,20). The van der Waals surface area contributed by atoms with E-state index in [0.29, 0.717) is 17.9 Å². The molecule has 0 radical (unpaired) electrons. The molecule has 104 valence electrons. The summed E-state index contributed by atoms with van der Waals surface area (Å²) >= 11 is 0. The molecule has 0 fully saturated rings. The van der Waals surface area contributed by atoms with Crippen molar-refractivity contribution < 1.29 is 9.18 Å². The summed E-state index contributed by atoms with van der Waals surface area (Å²) in [5.41, 5.74) is 6.50. The fraction of sp³-hybridized carbons (Fsp3) is 0.143. The minimum atomic E-state index is -0.301. The predicted octanol–water partition coefficient (Wildman–Crippen LogP) is 1.73. The third-order valence-corrected chi connectivity index (χ3v) is 2.66. The van der Waals surface area contributed by atoms with Crippen LogP contribution in [-0.2, 0) is 11.3 Å². The van der Waals surface area contributed by atoms with E-state index in [4.69, 9.17) is 5.73 Å². The van der Waals surface area contributed by atoms with Crippen LogP contribution in [0, 0.1) is 5.82 Å². The summed E-state index contributed by atoms with van der Waals surface area (Å²) in [7, 11) is 0. The summed E-state index contributed by atoms with van der Waals surface area (Å²) in [5.74, 6) is -0.124. The Hall–Kier alpha value is -2.47. The first-order valence-electron chi connectivity index (χ1n) is 6.12. The van der Waals surface area contributed by atoms with Crippen LogP contribution in [0.15, 0.2) is 42.6 Å². The van der Waals surface area contributed by atoms with Crippen LogP contribution in [0.25, 0.3) is 0 Å². The van der Waals surface area contributed by atoms with E-state index in [2.05, 4.69) is 15.6 Å². The molecule has 1 aromatic heterocycles. The molecule has 20 heavy (non-hydrogen) atoms. The van der Waals surface area contributed by atoms with Gasteiger partial charge in [-0.15, -0.1) is 0 Å². The van der Waals surface area contributed by atoms with Gasteiger partial charge in [0.2, 0.25) is 5.91 Å². The number of hydrogen-bond donors (Lipinski definition) is 3. The maximum Gasteiger partial charge on any atom is 0.239 e. The maximum absolute atomic E-state index is 13.4. The van der Waals surface area contributed by atoms with E-state index in [1.165, 1.54) is 6.07 Å². The summed E-state index contributed by atoms with van der Waals surface area (Å²) in [4.78, 5) is 15.1. The van der Waals surface area contributed by atoms with Crippen LogP contribution < -0.4 is 16.4 Å². The Morgan fingerprint density at radius 2 is 2.05 bits per heavy atom.